The van der Waals surface area contributed by atoms with Gasteiger partial charge in [-0.15, -0.1) is 0 Å². The number of aryl methyl sites for hydroxylation is 1. The van der Waals surface area contributed by atoms with Gasteiger partial charge in [0.25, 0.3) is 5.56 Å². The van der Waals surface area contributed by atoms with Crippen LogP contribution < -0.4 is 11.2 Å². The van der Waals surface area contributed by atoms with E-state index in [2.05, 4.69) is 28.7 Å². The molecule has 0 saturated carbocycles. The van der Waals surface area contributed by atoms with Crippen molar-refractivity contribution in [3.63, 3.8) is 0 Å². The van der Waals surface area contributed by atoms with Crippen molar-refractivity contribution in [3.8, 4) is 0 Å². The highest BCUT2D eigenvalue weighted by Gasteiger charge is 2.28. The minimum absolute atomic E-state index is 0.218. The molecule has 0 aromatic carbocycles. The summed E-state index contributed by atoms with van der Waals surface area (Å²) in [5.41, 5.74) is -0.595. The lowest BCUT2D eigenvalue weighted by Gasteiger charge is -2.23. The lowest BCUT2D eigenvalue weighted by atomic mass is 10.2. The fraction of sp³-hybridized carbons (Fsp3) is 0.667. The molecule has 1 N–H and O–H groups in total. The van der Waals surface area contributed by atoms with Crippen LogP contribution in [0.1, 0.15) is 51.9 Å². The van der Waals surface area contributed by atoms with Crippen molar-refractivity contribution < 1.29 is 9.53 Å². The summed E-state index contributed by atoms with van der Waals surface area (Å²) in [6.45, 7) is 8.22. The van der Waals surface area contributed by atoms with Gasteiger partial charge in [-0.2, -0.15) is 0 Å². The van der Waals surface area contributed by atoms with Crippen LogP contribution >= 0.6 is 0 Å². The second-order valence-electron chi connectivity index (χ2n) is 6.56. The number of unbranched alkanes of at least 4 members (excludes halogenated alkanes) is 1. The lowest BCUT2D eigenvalue weighted by molar-refractivity contribution is -0.144. The molecule has 2 aromatic heterocycles. The van der Waals surface area contributed by atoms with Gasteiger partial charge in [-0.3, -0.25) is 19.2 Å². The number of fused-ring (bicyclic) bond motifs is 1. The van der Waals surface area contributed by atoms with Gasteiger partial charge in [-0.05, 0) is 25.9 Å². The first kappa shape index (κ1) is 20.9. The van der Waals surface area contributed by atoms with Gasteiger partial charge in [0.05, 0.1) is 13.7 Å². The maximum absolute atomic E-state index is 12.5. The van der Waals surface area contributed by atoms with E-state index in [9.17, 15) is 14.4 Å². The van der Waals surface area contributed by atoms with Crippen molar-refractivity contribution in [2.45, 2.75) is 52.6 Å². The van der Waals surface area contributed by atoms with E-state index in [4.69, 9.17) is 4.74 Å². The number of imidazole rings is 1. The summed E-state index contributed by atoms with van der Waals surface area (Å²) in [5.74, 6) is 0.134. The standard InChI is InChI=1S/C18H29N5O4/c1-6-9-10-22(8-3)11-13-19-15-14(16(24)20-18(26)21(15)4)23(13)12(7-2)17(25)27-5/h12H,6-11H2,1-5H3,(H,20,24,26)/t12-/m0/s1. The molecular formula is C18H29N5O4. The van der Waals surface area contributed by atoms with E-state index in [0.717, 1.165) is 25.9 Å². The number of hydrogen-bond donors (Lipinski definition) is 1. The maximum Gasteiger partial charge on any atom is 0.329 e. The van der Waals surface area contributed by atoms with Crippen molar-refractivity contribution in [2.24, 2.45) is 7.05 Å². The van der Waals surface area contributed by atoms with Crippen molar-refractivity contribution in [1.82, 2.24) is 24.0 Å². The Labute approximate surface area is 158 Å². The largest absolute Gasteiger partial charge is 0.467 e. The maximum atomic E-state index is 12.5. The monoisotopic (exact) mass is 379 g/mol. The van der Waals surface area contributed by atoms with Crippen LogP contribution in [-0.4, -0.2) is 50.2 Å². The Bertz CT molecular complexity index is 911. The molecule has 0 fully saturated rings. The molecule has 1 atom stereocenters. The molecule has 0 radical (unpaired) electrons. The third-order valence-corrected chi connectivity index (χ3v) is 4.84. The molecule has 0 amide bonds. The second kappa shape index (κ2) is 8.98. The van der Waals surface area contributed by atoms with E-state index in [-0.39, 0.29) is 11.2 Å². The zero-order chi connectivity index (χ0) is 20.1. The average Bonchev–Trinajstić information content (AvgIpc) is 3.03. The Morgan fingerprint density at radius 3 is 2.56 bits per heavy atom. The number of hydrogen-bond acceptors (Lipinski definition) is 6. The van der Waals surface area contributed by atoms with Gasteiger partial charge >= 0.3 is 11.7 Å². The SMILES string of the molecule is CCCCN(CC)Cc1nc2c(c(=O)[nH]c(=O)n2C)n1[C@@H](CC)C(=O)OC. The average molecular weight is 379 g/mol. The minimum Gasteiger partial charge on any atom is -0.467 e. The molecule has 27 heavy (non-hydrogen) atoms. The molecule has 0 spiro atoms. The molecule has 2 aromatic rings. The first-order valence-corrected chi connectivity index (χ1v) is 9.39. The molecule has 9 nitrogen and oxygen atoms in total. The van der Waals surface area contributed by atoms with Crippen LogP contribution in [-0.2, 0) is 23.1 Å². The predicted molar refractivity (Wildman–Crippen MR) is 103 cm³/mol. The molecule has 150 valence electrons. The van der Waals surface area contributed by atoms with Gasteiger partial charge in [0.2, 0.25) is 0 Å². The smallest absolute Gasteiger partial charge is 0.329 e. The van der Waals surface area contributed by atoms with Gasteiger partial charge in [-0.1, -0.05) is 27.2 Å². The predicted octanol–water partition coefficient (Wildman–Crippen LogP) is 1.17. The van der Waals surface area contributed by atoms with Crippen LogP contribution in [0, 0.1) is 0 Å². The molecule has 0 saturated heterocycles. The minimum atomic E-state index is -0.682. The number of carbonyl (C=O) groups excluding carboxylic acids is 1. The number of aromatic nitrogens is 4. The number of carbonyl (C=O) groups is 1. The first-order valence-electron chi connectivity index (χ1n) is 9.39. The van der Waals surface area contributed by atoms with Gasteiger partial charge in [0.1, 0.15) is 11.9 Å². The zero-order valence-electron chi connectivity index (χ0n) is 16.7. The molecule has 0 aliphatic rings. The van der Waals surface area contributed by atoms with Crippen LogP contribution in [0.2, 0.25) is 0 Å². The summed E-state index contributed by atoms with van der Waals surface area (Å²) in [6.07, 6.45) is 2.55. The summed E-state index contributed by atoms with van der Waals surface area (Å²) < 4.78 is 7.87. The quantitative estimate of drug-likeness (QED) is 0.656. The van der Waals surface area contributed by atoms with E-state index in [0.29, 0.717) is 18.8 Å². The van der Waals surface area contributed by atoms with Crippen LogP contribution in [0.3, 0.4) is 0 Å². The number of rotatable bonds is 9. The van der Waals surface area contributed by atoms with Crippen LogP contribution in [0.15, 0.2) is 9.59 Å². The van der Waals surface area contributed by atoms with Crippen LogP contribution in [0.5, 0.6) is 0 Å². The molecule has 9 heteroatoms. The number of nitrogens with one attached hydrogen (secondary N) is 1. The third kappa shape index (κ3) is 4.13. The van der Waals surface area contributed by atoms with E-state index in [1.807, 2.05) is 6.92 Å². The molecule has 0 bridgehead atoms. The number of aromatic amines is 1. The van der Waals surface area contributed by atoms with Gasteiger partial charge in [-0.25, -0.2) is 14.6 Å². The number of methoxy groups -OCH3 is 1. The summed E-state index contributed by atoms with van der Waals surface area (Å²) in [6, 6.07) is -0.682. The van der Waals surface area contributed by atoms with E-state index < -0.39 is 23.3 Å². The Balaban J connectivity index is 2.70. The fourth-order valence-electron chi connectivity index (χ4n) is 3.22. The van der Waals surface area contributed by atoms with Gasteiger partial charge in [0.15, 0.2) is 11.2 Å². The van der Waals surface area contributed by atoms with Crippen molar-refractivity contribution in [2.75, 3.05) is 20.2 Å². The normalized spacial score (nSPS) is 12.7. The number of H-pyrrole nitrogens is 1. The summed E-state index contributed by atoms with van der Waals surface area (Å²) in [5, 5.41) is 0. The molecule has 2 rings (SSSR count). The Kier molecular flexibility index (Phi) is 6.95. The topological polar surface area (TPSA) is 102 Å². The van der Waals surface area contributed by atoms with E-state index in [1.54, 1.807) is 11.6 Å². The summed E-state index contributed by atoms with van der Waals surface area (Å²) >= 11 is 0. The zero-order valence-corrected chi connectivity index (χ0v) is 16.7. The molecule has 0 unspecified atom stereocenters. The second-order valence-corrected chi connectivity index (χ2v) is 6.56. The highest BCUT2D eigenvalue weighted by atomic mass is 16.5. The molecule has 0 aliphatic heterocycles. The highest BCUT2D eigenvalue weighted by molar-refractivity contribution is 5.79. The molecule has 0 aliphatic carbocycles. The van der Waals surface area contributed by atoms with Crippen LogP contribution in [0.4, 0.5) is 0 Å². The highest BCUT2D eigenvalue weighted by Crippen LogP contribution is 2.22. The molecular weight excluding hydrogens is 350 g/mol. The van der Waals surface area contributed by atoms with Gasteiger partial charge < -0.3 is 9.30 Å². The van der Waals surface area contributed by atoms with Crippen molar-refractivity contribution in [3.05, 3.63) is 26.7 Å². The van der Waals surface area contributed by atoms with Gasteiger partial charge in [0, 0.05) is 7.05 Å². The number of esters is 1. The molecule has 2 heterocycles. The fourth-order valence-corrected chi connectivity index (χ4v) is 3.22. The Morgan fingerprint density at radius 1 is 1.30 bits per heavy atom. The Morgan fingerprint density at radius 2 is 2.00 bits per heavy atom. The number of ether oxygens (including phenoxy) is 1. The van der Waals surface area contributed by atoms with Crippen LogP contribution in [0.25, 0.3) is 11.2 Å². The first-order chi connectivity index (χ1) is 12.9. The van der Waals surface area contributed by atoms with E-state index >= 15 is 0 Å². The summed E-state index contributed by atoms with van der Waals surface area (Å²) in [4.78, 5) is 46.0. The van der Waals surface area contributed by atoms with Crippen molar-refractivity contribution >= 4 is 17.1 Å². The lowest BCUT2D eigenvalue weighted by Crippen LogP contribution is -2.32. The Hall–Kier alpha value is -2.42. The number of nitrogens with zero attached hydrogens (tertiary/aromatic N) is 4. The third-order valence-electron chi connectivity index (χ3n) is 4.84. The van der Waals surface area contributed by atoms with E-state index in [1.165, 1.54) is 11.7 Å². The van der Waals surface area contributed by atoms with Crippen molar-refractivity contribution in [1.29, 1.82) is 0 Å². The summed E-state index contributed by atoms with van der Waals surface area (Å²) in [7, 11) is 2.87.